The number of carbonyl (C=O) groups is 1. The third kappa shape index (κ3) is 4.19. The zero-order valence-corrected chi connectivity index (χ0v) is 12.1. The molecule has 8 heteroatoms. The van der Waals surface area contributed by atoms with Gasteiger partial charge in [0.05, 0.1) is 0 Å². The summed E-state index contributed by atoms with van der Waals surface area (Å²) in [4.78, 5) is 8.90. The van der Waals surface area contributed by atoms with Crippen LogP contribution in [0, 0.1) is 23.0 Å². The van der Waals surface area contributed by atoms with Crippen LogP contribution in [-0.2, 0) is 11.2 Å². The molecule has 0 amide bonds. The highest BCUT2D eigenvalue weighted by molar-refractivity contribution is 5.73. The maximum absolute atomic E-state index is 13.4. The first-order valence-electron chi connectivity index (χ1n) is 7.07. The molecular formula is C15H16F5NO2. The molecule has 1 saturated heterocycles. The van der Waals surface area contributed by atoms with E-state index < -0.39 is 23.8 Å². The van der Waals surface area contributed by atoms with Crippen molar-refractivity contribution in [3.8, 4) is 0 Å². The van der Waals surface area contributed by atoms with E-state index in [-0.39, 0.29) is 5.56 Å². The lowest BCUT2D eigenvalue weighted by Gasteiger charge is -2.54. The van der Waals surface area contributed by atoms with Crippen molar-refractivity contribution in [3.63, 3.8) is 0 Å². The summed E-state index contributed by atoms with van der Waals surface area (Å²) in [6.07, 6.45) is -2.29. The zero-order chi connectivity index (χ0) is 17.3. The van der Waals surface area contributed by atoms with E-state index in [9.17, 15) is 22.0 Å². The standard InChI is InChI=1S/C13H15F2N.C2HF3O2/c14-11-2-1-3-12(15)10(11)4-9-5-13(6-9)7-16-8-13;3-2(4,5)1(6)7/h1-3,9,16H,4-8H2;(H,6,7). The van der Waals surface area contributed by atoms with E-state index in [1.165, 1.54) is 18.2 Å². The minimum absolute atomic E-state index is 0.273. The maximum Gasteiger partial charge on any atom is 0.490 e. The molecule has 1 aliphatic heterocycles. The Morgan fingerprint density at radius 1 is 1.22 bits per heavy atom. The highest BCUT2D eigenvalue weighted by atomic mass is 19.4. The second kappa shape index (κ2) is 6.43. The molecule has 3 rings (SSSR count). The second-order valence-corrected chi connectivity index (χ2v) is 6.09. The predicted molar refractivity (Wildman–Crippen MR) is 71.8 cm³/mol. The number of aliphatic carboxylic acids is 1. The van der Waals surface area contributed by atoms with Crippen molar-refractivity contribution >= 4 is 5.97 Å². The number of halogens is 5. The van der Waals surface area contributed by atoms with Gasteiger partial charge in [-0.2, -0.15) is 13.2 Å². The van der Waals surface area contributed by atoms with E-state index >= 15 is 0 Å². The monoisotopic (exact) mass is 337 g/mol. The number of hydrogen-bond donors (Lipinski definition) is 2. The van der Waals surface area contributed by atoms with Crippen LogP contribution < -0.4 is 5.32 Å². The molecule has 2 N–H and O–H groups in total. The molecule has 0 bridgehead atoms. The third-order valence-corrected chi connectivity index (χ3v) is 4.24. The van der Waals surface area contributed by atoms with Crippen molar-refractivity contribution in [3.05, 3.63) is 35.4 Å². The smallest absolute Gasteiger partial charge is 0.475 e. The fourth-order valence-corrected chi connectivity index (χ4v) is 3.09. The summed E-state index contributed by atoms with van der Waals surface area (Å²) in [5.74, 6) is -3.08. The number of carboxylic acid groups (broad SMARTS) is 1. The van der Waals surface area contributed by atoms with E-state index in [2.05, 4.69) is 5.32 Å². The summed E-state index contributed by atoms with van der Waals surface area (Å²) in [5, 5.41) is 10.4. The van der Waals surface area contributed by atoms with Crippen LogP contribution in [-0.4, -0.2) is 30.3 Å². The van der Waals surface area contributed by atoms with Gasteiger partial charge in [-0.15, -0.1) is 0 Å². The number of carboxylic acids is 1. The number of hydrogen-bond acceptors (Lipinski definition) is 2. The minimum Gasteiger partial charge on any atom is -0.475 e. The lowest BCUT2D eigenvalue weighted by Crippen LogP contribution is -2.60. The first-order valence-corrected chi connectivity index (χ1v) is 7.07. The van der Waals surface area contributed by atoms with E-state index in [1.54, 1.807) is 0 Å². The van der Waals surface area contributed by atoms with Gasteiger partial charge >= 0.3 is 12.1 Å². The topological polar surface area (TPSA) is 49.3 Å². The minimum atomic E-state index is -5.08. The Morgan fingerprint density at radius 3 is 2.04 bits per heavy atom. The molecule has 1 aromatic rings. The highest BCUT2D eigenvalue weighted by Gasteiger charge is 2.48. The Balaban J connectivity index is 0.000000236. The van der Waals surface area contributed by atoms with E-state index in [0.29, 0.717) is 17.8 Å². The molecule has 0 unspecified atom stereocenters. The van der Waals surface area contributed by atoms with Crippen molar-refractivity contribution in [2.75, 3.05) is 13.1 Å². The van der Waals surface area contributed by atoms with Crippen LogP contribution in [0.3, 0.4) is 0 Å². The Bertz CT molecular complexity index is 555. The quantitative estimate of drug-likeness (QED) is 0.815. The van der Waals surface area contributed by atoms with Crippen LogP contribution >= 0.6 is 0 Å². The average Bonchev–Trinajstić information content (AvgIpc) is 2.33. The Morgan fingerprint density at radius 2 is 1.70 bits per heavy atom. The first-order chi connectivity index (χ1) is 10.6. The molecule has 0 atom stereocenters. The van der Waals surface area contributed by atoms with Gasteiger partial charge in [0.1, 0.15) is 11.6 Å². The molecule has 1 heterocycles. The summed E-state index contributed by atoms with van der Waals surface area (Å²) in [5.41, 5.74) is 0.751. The van der Waals surface area contributed by atoms with Gasteiger partial charge in [-0.3, -0.25) is 0 Å². The number of benzene rings is 1. The van der Waals surface area contributed by atoms with E-state index in [4.69, 9.17) is 9.90 Å². The Labute approximate surface area is 129 Å². The van der Waals surface area contributed by atoms with Gasteiger partial charge in [0.2, 0.25) is 0 Å². The van der Waals surface area contributed by atoms with Gasteiger partial charge in [0.15, 0.2) is 0 Å². The van der Waals surface area contributed by atoms with Crippen molar-refractivity contribution < 1.29 is 31.9 Å². The van der Waals surface area contributed by atoms with Gasteiger partial charge in [-0.1, -0.05) is 6.07 Å². The van der Waals surface area contributed by atoms with Crippen molar-refractivity contribution in [2.24, 2.45) is 11.3 Å². The number of nitrogens with one attached hydrogen (secondary N) is 1. The van der Waals surface area contributed by atoms with Crippen molar-refractivity contribution in [2.45, 2.75) is 25.4 Å². The Kier molecular flexibility index (Phi) is 4.93. The lowest BCUT2D eigenvalue weighted by atomic mass is 9.57. The molecule has 1 spiro atoms. The van der Waals surface area contributed by atoms with Crippen LogP contribution in [0.15, 0.2) is 18.2 Å². The normalized spacial score (nSPS) is 19.3. The van der Waals surface area contributed by atoms with E-state index in [1.807, 2.05) is 0 Å². The molecule has 2 aliphatic rings. The van der Waals surface area contributed by atoms with Crippen LogP contribution in [0.1, 0.15) is 18.4 Å². The summed E-state index contributed by atoms with van der Waals surface area (Å²) in [6, 6.07) is 4.11. The van der Waals surface area contributed by atoms with Gasteiger partial charge in [-0.05, 0) is 42.7 Å². The maximum atomic E-state index is 13.4. The lowest BCUT2D eigenvalue weighted by molar-refractivity contribution is -0.192. The van der Waals surface area contributed by atoms with Gasteiger partial charge in [0, 0.05) is 18.7 Å². The van der Waals surface area contributed by atoms with Gasteiger partial charge < -0.3 is 10.4 Å². The summed E-state index contributed by atoms with van der Waals surface area (Å²) in [7, 11) is 0. The van der Waals surface area contributed by atoms with Crippen molar-refractivity contribution in [1.29, 1.82) is 0 Å². The third-order valence-electron chi connectivity index (χ3n) is 4.24. The largest absolute Gasteiger partial charge is 0.490 e. The highest BCUT2D eigenvalue weighted by Crippen LogP contribution is 2.49. The zero-order valence-electron chi connectivity index (χ0n) is 12.1. The van der Waals surface area contributed by atoms with Crippen LogP contribution in [0.5, 0.6) is 0 Å². The molecule has 3 nitrogen and oxygen atoms in total. The van der Waals surface area contributed by atoms with Crippen LogP contribution in [0.25, 0.3) is 0 Å². The molecule has 1 aliphatic carbocycles. The molecular weight excluding hydrogens is 321 g/mol. The summed E-state index contributed by atoms with van der Waals surface area (Å²) >= 11 is 0. The first kappa shape index (κ1) is 17.7. The van der Waals surface area contributed by atoms with Crippen LogP contribution in [0.2, 0.25) is 0 Å². The fourth-order valence-electron chi connectivity index (χ4n) is 3.09. The number of alkyl halides is 3. The van der Waals surface area contributed by atoms with Gasteiger partial charge in [0.25, 0.3) is 0 Å². The molecule has 1 aromatic carbocycles. The predicted octanol–water partition coefficient (Wildman–Crippen LogP) is 3.14. The number of rotatable bonds is 2. The van der Waals surface area contributed by atoms with Crippen LogP contribution in [0.4, 0.5) is 22.0 Å². The summed E-state index contributed by atoms with van der Waals surface area (Å²) < 4.78 is 58.6. The molecule has 23 heavy (non-hydrogen) atoms. The van der Waals surface area contributed by atoms with Gasteiger partial charge in [-0.25, -0.2) is 13.6 Å². The van der Waals surface area contributed by atoms with Crippen molar-refractivity contribution in [1.82, 2.24) is 5.32 Å². The summed E-state index contributed by atoms with van der Waals surface area (Å²) in [6.45, 7) is 2.17. The molecule has 2 fully saturated rings. The molecule has 0 aromatic heterocycles. The fraction of sp³-hybridized carbons (Fsp3) is 0.533. The average molecular weight is 337 g/mol. The molecule has 0 radical (unpaired) electrons. The van der Waals surface area contributed by atoms with E-state index in [0.717, 1.165) is 25.9 Å². The molecule has 128 valence electrons. The SMILES string of the molecule is Fc1cccc(F)c1CC1CC2(CNC2)C1.O=C(O)C(F)(F)F. The Hall–Kier alpha value is -1.70. The second-order valence-electron chi connectivity index (χ2n) is 6.09. The molecule has 1 saturated carbocycles.